The maximum Gasteiger partial charge on any atom is 0.321 e. The van der Waals surface area contributed by atoms with E-state index in [0.717, 1.165) is 25.7 Å². The lowest BCUT2D eigenvalue weighted by Gasteiger charge is -2.33. The molecule has 11 heteroatoms. The molecule has 3 aliphatic rings. The molecule has 4 rings (SSSR count). The molecule has 2 aliphatic heterocycles. The Bertz CT molecular complexity index is 940. The van der Waals surface area contributed by atoms with Crippen LogP contribution in [0.15, 0.2) is 23.1 Å². The lowest BCUT2D eigenvalue weighted by Crippen LogP contribution is -2.52. The van der Waals surface area contributed by atoms with Gasteiger partial charge in [0.25, 0.3) is 0 Å². The molecule has 3 amide bonds. The normalized spacial score (nSPS) is 20.5. The van der Waals surface area contributed by atoms with Crippen molar-refractivity contribution >= 4 is 22.0 Å². The third-order valence-corrected chi connectivity index (χ3v) is 7.94. The third-order valence-electron chi connectivity index (χ3n) is 6.04. The summed E-state index contributed by atoms with van der Waals surface area (Å²) in [6.07, 6.45) is 5.27. The number of carbonyl (C=O) groups excluding carboxylic acids is 2. The lowest BCUT2D eigenvalue weighted by molar-refractivity contribution is -0.121. The van der Waals surface area contributed by atoms with Gasteiger partial charge in [-0.15, -0.1) is 0 Å². The Hall–Kier alpha value is -2.37. The van der Waals surface area contributed by atoms with Crippen molar-refractivity contribution in [2.24, 2.45) is 0 Å². The molecule has 0 bridgehead atoms. The van der Waals surface area contributed by atoms with E-state index in [4.69, 9.17) is 9.47 Å². The van der Waals surface area contributed by atoms with E-state index in [9.17, 15) is 18.0 Å². The Kier molecular flexibility index (Phi) is 7.17. The minimum atomic E-state index is -3.68. The van der Waals surface area contributed by atoms with Crippen LogP contribution in [0.2, 0.25) is 0 Å². The van der Waals surface area contributed by atoms with Gasteiger partial charge in [-0.1, -0.05) is 19.3 Å². The summed E-state index contributed by atoms with van der Waals surface area (Å²) in [5.74, 6) is 0.583. The fourth-order valence-corrected chi connectivity index (χ4v) is 5.74. The maximum absolute atomic E-state index is 13.0. The van der Waals surface area contributed by atoms with E-state index in [1.165, 1.54) is 22.9 Å². The highest BCUT2D eigenvalue weighted by Crippen LogP contribution is 2.33. The summed E-state index contributed by atoms with van der Waals surface area (Å²) < 4.78 is 38.4. The summed E-state index contributed by atoms with van der Waals surface area (Å²) in [7, 11) is -3.68. The standard InChI is InChI=1S/C21H30N4O6S/c26-20(23-21(27)22-16-4-2-1-3-5-16)15-24-8-10-25(11-9-24)32(28,29)17-6-7-18-19(14-17)31-13-12-30-18/h6-7,14,16H,1-5,8-13,15H2,(H2,22,23,26,27). The van der Waals surface area contributed by atoms with Crippen LogP contribution in [0.1, 0.15) is 32.1 Å². The van der Waals surface area contributed by atoms with E-state index < -0.39 is 16.1 Å². The molecule has 1 saturated carbocycles. The summed E-state index contributed by atoms with van der Waals surface area (Å²) >= 11 is 0. The number of amides is 3. The van der Waals surface area contributed by atoms with E-state index in [2.05, 4.69) is 10.6 Å². The first kappa shape index (κ1) is 22.8. The molecule has 1 aliphatic carbocycles. The van der Waals surface area contributed by atoms with Crippen LogP contribution in [0, 0.1) is 0 Å². The number of nitrogens with zero attached hydrogens (tertiary/aromatic N) is 2. The number of hydrogen-bond acceptors (Lipinski definition) is 7. The van der Waals surface area contributed by atoms with E-state index in [1.807, 2.05) is 4.90 Å². The first-order valence-electron chi connectivity index (χ1n) is 11.1. The molecule has 2 heterocycles. The molecule has 2 fully saturated rings. The highest BCUT2D eigenvalue weighted by molar-refractivity contribution is 7.89. The Morgan fingerprint density at radius 3 is 2.38 bits per heavy atom. The Morgan fingerprint density at radius 2 is 1.66 bits per heavy atom. The molecular weight excluding hydrogens is 436 g/mol. The van der Waals surface area contributed by atoms with Gasteiger partial charge in [-0.25, -0.2) is 13.2 Å². The monoisotopic (exact) mass is 466 g/mol. The zero-order valence-electron chi connectivity index (χ0n) is 18.0. The highest BCUT2D eigenvalue weighted by atomic mass is 32.2. The number of piperazine rings is 1. The SMILES string of the molecule is O=C(CN1CCN(S(=O)(=O)c2ccc3c(c2)OCCO3)CC1)NC(=O)NC1CCCCC1. The molecule has 1 saturated heterocycles. The molecule has 2 N–H and O–H groups in total. The molecule has 0 radical (unpaired) electrons. The quantitative estimate of drug-likeness (QED) is 0.663. The average Bonchev–Trinajstić information content (AvgIpc) is 2.79. The molecule has 0 aromatic heterocycles. The smallest absolute Gasteiger partial charge is 0.321 e. The number of urea groups is 1. The minimum Gasteiger partial charge on any atom is -0.486 e. The van der Waals surface area contributed by atoms with Crippen LogP contribution in [0.4, 0.5) is 4.79 Å². The van der Waals surface area contributed by atoms with E-state index >= 15 is 0 Å². The van der Waals surface area contributed by atoms with Crippen molar-refractivity contribution in [1.82, 2.24) is 19.8 Å². The van der Waals surface area contributed by atoms with Crippen molar-refractivity contribution in [2.45, 2.75) is 43.0 Å². The fourth-order valence-electron chi connectivity index (χ4n) is 4.30. The predicted octanol–water partition coefficient (Wildman–Crippen LogP) is 0.923. The summed E-state index contributed by atoms with van der Waals surface area (Å²) in [4.78, 5) is 26.3. The number of rotatable bonds is 5. The number of ether oxygens (including phenoxy) is 2. The minimum absolute atomic E-state index is 0.0516. The molecular formula is C21H30N4O6S. The van der Waals surface area contributed by atoms with Crippen LogP contribution in [0.3, 0.4) is 0 Å². The molecule has 176 valence electrons. The first-order valence-corrected chi connectivity index (χ1v) is 12.6. The van der Waals surface area contributed by atoms with Crippen LogP contribution >= 0.6 is 0 Å². The van der Waals surface area contributed by atoms with Crippen LogP contribution in [-0.4, -0.2) is 81.5 Å². The van der Waals surface area contributed by atoms with Gasteiger partial charge in [-0.3, -0.25) is 15.0 Å². The van der Waals surface area contributed by atoms with E-state index in [1.54, 1.807) is 6.07 Å². The average molecular weight is 467 g/mol. The third kappa shape index (κ3) is 5.51. The zero-order valence-corrected chi connectivity index (χ0v) is 18.9. The number of fused-ring (bicyclic) bond motifs is 1. The van der Waals surface area contributed by atoms with Crippen molar-refractivity contribution in [3.63, 3.8) is 0 Å². The van der Waals surface area contributed by atoms with Gasteiger partial charge in [0.15, 0.2) is 11.5 Å². The largest absolute Gasteiger partial charge is 0.486 e. The first-order chi connectivity index (χ1) is 15.4. The van der Waals surface area contributed by atoms with Gasteiger partial charge in [0.2, 0.25) is 15.9 Å². The summed E-state index contributed by atoms with van der Waals surface area (Å²) in [5, 5.41) is 5.24. The van der Waals surface area contributed by atoms with Crippen molar-refractivity contribution in [2.75, 3.05) is 45.9 Å². The van der Waals surface area contributed by atoms with Crippen molar-refractivity contribution in [3.8, 4) is 11.5 Å². The van der Waals surface area contributed by atoms with Crippen molar-refractivity contribution < 1.29 is 27.5 Å². The Balaban J connectivity index is 1.25. The van der Waals surface area contributed by atoms with Crippen molar-refractivity contribution in [1.29, 1.82) is 0 Å². The second-order valence-electron chi connectivity index (χ2n) is 8.34. The lowest BCUT2D eigenvalue weighted by atomic mass is 9.96. The molecule has 10 nitrogen and oxygen atoms in total. The van der Waals surface area contributed by atoms with Crippen LogP contribution in [0.25, 0.3) is 0 Å². The van der Waals surface area contributed by atoms with Gasteiger partial charge < -0.3 is 14.8 Å². The van der Waals surface area contributed by atoms with Gasteiger partial charge >= 0.3 is 6.03 Å². The van der Waals surface area contributed by atoms with Gasteiger partial charge in [0.05, 0.1) is 11.4 Å². The number of benzene rings is 1. The van der Waals surface area contributed by atoms with Gasteiger partial charge in [-0.05, 0) is 25.0 Å². The Labute approximate surface area is 188 Å². The number of carbonyl (C=O) groups is 2. The second kappa shape index (κ2) is 10.1. The molecule has 1 aromatic rings. The molecule has 32 heavy (non-hydrogen) atoms. The number of sulfonamides is 1. The van der Waals surface area contributed by atoms with E-state index in [0.29, 0.717) is 37.8 Å². The molecule has 1 aromatic carbocycles. The number of nitrogens with one attached hydrogen (secondary N) is 2. The molecule has 0 unspecified atom stereocenters. The highest BCUT2D eigenvalue weighted by Gasteiger charge is 2.30. The van der Waals surface area contributed by atoms with Crippen LogP contribution in [0.5, 0.6) is 11.5 Å². The van der Waals surface area contributed by atoms with Gasteiger partial charge in [-0.2, -0.15) is 4.31 Å². The Morgan fingerprint density at radius 1 is 0.969 bits per heavy atom. The summed E-state index contributed by atoms with van der Waals surface area (Å²) in [6, 6.07) is 4.30. The zero-order chi connectivity index (χ0) is 22.6. The topological polar surface area (TPSA) is 117 Å². The van der Waals surface area contributed by atoms with Gasteiger partial charge in [0.1, 0.15) is 13.2 Å². The van der Waals surface area contributed by atoms with Crippen LogP contribution in [-0.2, 0) is 14.8 Å². The summed E-state index contributed by atoms with van der Waals surface area (Å²) in [6.45, 7) is 2.21. The molecule has 0 spiro atoms. The van der Waals surface area contributed by atoms with Crippen molar-refractivity contribution in [3.05, 3.63) is 18.2 Å². The fraction of sp³-hybridized carbons (Fsp3) is 0.619. The van der Waals surface area contributed by atoms with Crippen LogP contribution < -0.4 is 20.1 Å². The number of hydrogen-bond donors (Lipinski definition) is 2. The van der Waals surface area contributed by atoms with Gasteiger partial charge in [0, 0.05) is 38.3 Å². The maximum atomic E-state index is 13.0. The molecule has 0 atom stereocenters. The number of imide groups is 1. The predicted molar refractivity (Wildman–Crippen MR) is 116 cm³/mol. The summed E-state index contributed by atoms with van der Waals surface area (Å²) in [5.41, 5.74) is 0. The second-order valence-corrected chi connectivity index (χ2v) is 10.3. The van der Waals surface area contributed by atoms with E-state index in [-0.39, 0.29) is 36.5 Å².